The van der Waals surface area contributed by atoms with Crippen molar-refractivity contribution in [2.75, 3.05) is 178 Å². The molecule has 0 fully saturated rings. The molecule has 0 saturated heterocycles. The Hall–Kier alpha value is -12.7. The average molecular weight is 1800 g/mol. The number of benzene rings is 4. The zero-order valence-electron chi connectivity index (χ0n) is 69.4. The maximum Gasteiger partial charge on any atom is 0.435 e. The molecule has 0 atom stereocenters. The van der Waals surface area contributed by atoms with E-state index in [-0.39, 0.29) is 96.5 Å². The van der Waals surface area contributed by atoms with Gasteiger partial charge in [0.05, 0.1) is 217 Å². The highest BCUT2D eigenvalue weighted by atomic mass is 31.1. The highest BCUT2D eigenvalue weighted by molar-refractivity contribution is 7.80. The van der Waals surface area contributed by atoms with Crippen LogP contribution in [0.15, 0.2) is 169 Å². The van der Waals surface area contributed by atoms with Crippen molar-refractivity contribution >= 4 is 59.6 Å². The van der Waals surface area contributed by atoms with E-state index in [9.17, 15) is 49.1 Å². The lowest BCUT2D eigenvalue weighted by atomic mass is 10.2. The first kappa shape index (κ1) is 108. The van der Waals surface area contributed by atoms with Crippen LogP contribution >= 0.6 is 7.92 Å². The van der Waals surface area contributed by atoms with E-state index in [4.69, 9.17) is 94.4 Å². The molecule has 0 unspecified atom stereocenters. The normalized spacial score (nSPS) is 10.4. The first-order valence-electron chi connectivity index (χ1n) is 39.0. The van der Waals surface area contributed by atoms with E-state index in [1.165, 1.54) is 61.5 Å². The smallest absolute Gasteiger partial charge is 0.435 e. The molecule has 3 N–H and O–H groups in total. The van der Waals surface area contributed by atoms with Crippen molar-refractivity contribution in [1.29, 1.82) is 0 Å². The minimum atomic E-state index is -0.910. The summed E-state index contributed by atoms with van der Waals surface area (Å²) < 4.78 is 88.1. The van der Waals surface area contributed by atoms with Crippen LogP contribution in [0.4, 0.5) is 22.2 Å². The molecule has 48 heteroatoms. The number of terminal acetylenes is 1. The van der Waals surface area contributed by atoms with E-state index in [0.29, 0.717) is 181 Å². The van der Waals surface area contributed by atoms with Crippen LogP contribution in [0.2, 0.25) is 0 Å². The molecule has 5 heterocycles. The van der Waals surface area contributed by atoms with Crippen molar-refractivity contribution in [2.24, 2.45) is 10.2 Å². The number of phenolic OH excluding ortho intramolecular Hbond substituents is 1. The largest absolute Gasteiger partial charge is 0.508 e. The molecule has 0 aliphatic heterocycles. The summed E-state index contributed by atoms with van der Waals surface area (Å²) in [7, 11) is -0.910. The number of aromatic hydroxyl groups is 1. The number of carbonyl (C=O) groups excluding carboxylic acids is 1. The second-order valence-corrected chi connectivity index (χ2v) is 26.9. The molecule has 0 radical (unpaired) electrons. The number of para-hydroxylation sites is 2. The molecule has 9 rings (SSSR count). The number of alkyl halides is 1. The van der Waals surface area contributed by atoms with Crippen LogP contribution in [0.1, 0.15) is 43.6 Å². The van der Waals surface area contributed by atoms with E-state index < -0.39 is 41.3 Å². The molecule has 0 spiro atoms. The zero-order valence-corrected chi connectivity index (χ0v) is 70.3. The number of azide groups is 2. The van der Waals surface area contributed by atoms with E-state index >= 15 is 0 Å². The third kappa shape index (κ3) is 50.7. The van der Waals surface area contributed by atoms with Crippen LogP contribution in [0.25, 0.3) is 20.9 Å². The maximum absolute atomic E-state index is 12.7. The number of hydrogen-bond donors (Lipinski definition) is 3. The van der Waals surface area contributed by atoms with Gasteiger partial charge < -0.3 is 107 Å². The van der Waals surface area contributed by atoms with Gasteiger partial charge >= 0.3 is 35.8 Å². The molecular formula is C79H107FN21O25P. The summed E-state index contributed by atoms with van der Waals surface area (Å²) in [6.07, 6.45) is 17.1. The Morgan fingerprint density at radius 3 is 1.20 bits per heavy atom. The molecule has 9 aromatic rings. The molecule has 127 heavy (non-hydrogen) atoms. The number of ether oxygens (including phenoxy) is 13. The van der Waals surface area contributed by atoms with Crippen molar-refractivity contribution < 1.29 is 110 Å². The number of rotatable bonds is 59. The number of aryl methyl sites for hydroxylation is 1. The van der Waals surface area contributed by atoms with Crippen LogP contribution in [0, 0.1) is 49.6 Å². The van der Waals surface area contributed by atoms with Crippen molar-refractivity contribution in [3.8, 4) is 23.8 Å². The predicted molar refractivity (Wildman–Crippen MR) is 457 cm³/mol. The van der Waals surface area contributed by atoms with Crippen molar-refractivity contribution in [3.63, 3.8) is 0 Å². The Kier molecular flexibility index (Phi) is 60.2. The van der Waals surface area contributed by atoms with Gasteiger partial charge in [-0.3, -0.25) is 18.8 Å². The number of nitro groups is 3. The number of carboxylic acid groups (broad SMARTS) is 2. The Morgan fingerprint density at radius 1 is 0.488 bits per heavy atom. The van der Waals surface area contributed by atoms with Gasteiger partial charge in [-0.25, -0.2) is 23.1 Å². The van der Waals surface area contributed by atoms with Gasteiger partial charge in [-0.15, -0.1) is 16.6 Å². The average Bonchev–Trinajstić information content (AvgIpc) is 1.76. The number of carboxylic acids is 2. The van der Waals surface area contributed by atoms with E-state index in [1.807, 2.05) is 85.8 Å². The van der Waals surface area contributed by atoms with Gasteiger partial charge in [-0.2, -0.15) is 0 Å². The molecule has 46 nitrogen and oxygen atoms in total. The molecule has 690 valence electrons. The van der Waals surface area contributed by atoms with Crippen LogP contribution < -0.4 is 20.7 Å². The number of esters is 1. The van der Waals surface area contributed by atoms with Crippen LogP contribution in [-0.4, -0.2) is 285 Å². The molecule has 0 amide bonds. The Labute approximate surface area is 731 Å². The highest BCUT2D eigenvalue weighted by Crippen LogP contribution is 2.36. The van der Waals surface area contributed by atoms with Crippen LogP contribution in [0.5, 0.6) is 11.5 Å². The summed E-state index contributed by atoms with van der Waals surface area (Å²) >= 11 is 0. The third-order valence-electron chi connectivity index (χ3n) is 15.4. The zero-order chi connectivity index (χ0) is 91.1. The fourth-order valence-corrected chi connectivity index (χ4v) is 12.0. The Balaban J connectivity index is 0.000000457. The van der Waals surface area contributed by atoms with E-state index in [1.54, 1.807) is 27.8 Å². The number of nitrogens with zero attached hydrogens (tertiary/aromatic N) is 21. The van der Waals surface area contributed by atoms with Crippen molar-refractivity contribution in [2.45, 2.75) is 66.3 Å². The van der Waals surface area contributed by atoms with Crippen LogP contribution in [0.3, 0.4) is 0 Å². The van der Waals surface area contributed by atoms with Crippen LogP contribution in [-0.2, 0) is 104 Å². The summed E-state index contributed by atoms with van der Waals surface area (Å²) in [5.41, 5.74) is 17.6. The molecule has 0 bridgehead atoms. The quantitative estimate of drug-likeness (QED) is 0.00309. The summed E-state index contributed by atoms with van der Waals surface area (Å²) in [5, 5.41) is 83.4. The summed E-state index contributed by atoms with van der Waals surface area (Å²) in [5.74, 6) is 0.395. The second kappa shape index (κ2) is 70.5. The molecule has 5 aromatic heterocycles. The molecule has 0 aliphatic rings. The summed E-state index contributed by atoms with van der Waals surface area (Å²) in [6.45, 7) is 12.3. The number of phenols is 1. The first-order chi connectivity index (χ1) is 61.4. The molecule has 0 saturated carbocycles. The van der Waals surface area contributed by atoms with Gasteiger partial charge in [0.25, 0.3) is 0 Å². The fraction of sp³-hybridized carbons (Fsp3) is 0.468. The Bertz CT molecular complexity index is 4550. The number of hydrogen-bond acceptors (Lipinski definition) is 32. The standard InChI is InChI=1S/C35H39N6O8P.C17H26N6O8.C11H21N3O6.C7H8O.C6H5N3O2.C2H4FN3.CH4/c42-34(49-32-13-7-8-14-33(32)50(30-9-3-1-4-10-30)31-11-5-2-6-12-31)15-19-45-21-23-47-25-26-48-24-22-46-20-18-40-28-29(37-38-40)27-39-17-16-36-35(39)41(43)44;24-16(25)1-5-28-7-9-30-11-12-31-10-8-29-6-4-22-14-15(19-20-22)13-21-3-2-18-17(21)23(26)27;12-14-13-2-4-18-6-8-20-10-9-19-7-5-17-3-1-11(15)16;1-6-4-2-3-5-7(6)8;1-2-4-8-5-3-7-6(8)9(10)11;3-1-2-5-6-4;/h1-14,16-17,28H,15,18-27H2;2-3,14H,1,4-13H2,(H,24,25);1-10H2,(H,15,16);2-5,8H,1H3;1,3,5H,4H2;1-2H2;1H4. The lowest BCUT2D eigenvalue weighted by molar-refractivity contribution is -0.396. The SMILES string of the molecule is C.C#CCn1ccnc1[N+](=O)[O-].Cc1ccccc1O.O=C(CCOCCOCCOCCOCCn1cc(Cn2ccnc2[N+](=O)[O-])nn1)Oc1ccccc1P(c1ccccc1)c1ccccc1.O=C(O)CCOCCOCCOCCOCCn1cc(Cn2ccnc2[N+](=O)[O-])nn1.[N-]=[N+]=NCCF.[N-]=[N+]=NCCOCCOCCOCCOCCC(=O)O. The number of imidazole rings is 3. The first-order valence-corrected chi connectivity index (χ1v) is 40.3. The highest BCUT2D eigenvalue weighted by Gasteiger charge is 2.23. The van der Waals surface area contributed by atoms with Crippen molar-refractivity contribution in [3.05, 3.63) is 227 Å². The van der Waals surface area contributed by atoms with Gasteiger partial charge in [0.2, 0.25) is 0 Å². The predicted octanol–water partition coefficient (Wildman–Crippen LogP) is 8.09. The van der Waals surface area contributed by atoms with Gasteiger partial charge in [-0.05, 0) is 69.0 Å². The topological polar surface area (TPSA) is 574 Å². The Morgan fingerprint density at radius 2 is 0.835 bits per heavy atom. The number of aliphatic carboxylic acids is 2. The fourth-order valence-electron chi connectivity index (χ4n) is 9.63. The lowest BCUT2D eigenvalue weighted by Gasteiger charge is -2.21. The van der Waals surface area contributed by atoms with E-state index in [0.717, 1.165) is 10.9 Å². The number of halogens is 1. The third-order valence-corrected chi connectivity index (χ3v) is 17.9. The lowest BCUT2D eigenvalue weighted by Crippen LogP contribution is -2.23. The van der Waals surface area contributed by atoms with Gasteiger partial charge in [0, 0.05) is 21.7 Å². The number of carbonyl (C=O) groups is 3. The minimum Gasteiger partial charge on any atom is -0.508 e. The number of aromatic nitrogens is 12. The summed E-state index contributed by atoms with van der Waals surface area (Å²) in [6, 6.07) is 35.5. The summed E-state index contributed by atoms with van der Waals surface area (Å²) in [4.78, 5) is 79.4. The molecule has 4 aromatic carbocycles. The molecule has 0 aliphatic carbocycles. The monoisotopic (exact) mass is 1800 g/mol. The van der Waals surface area contributed by atoms with Gasteiger partial charge in [0.15, 0.2) is 0 Å². The van der Waals surface area contributed by atoms with E-state index in [2.05, 4.69) is 85.8 Å². The second-order valence-electron chi connectivity index (χ2n) is 24.7. The van der Waals surface area contributed by atoms with Gasteiger partial charge in [-0.1, -0.05) is 146 Å². The maximum atomic E-state index is 12.7. The minimum absolute atomic E-state index is 0. The molecular weight excluding hydrogens is 1690 g/mol. The van der Waals surface area contributed by atoms with Gasteiger partial charge in [0.1, 0.15) is 79.7 Å². The van der Waals surface area contributed by atoms with Crippen molar-refractivity contribution in [1.82, 2.24) is 58.6 Å².